The van der Waals surface area contributed by atoms with E-state index in [9.17, 15) is 8.78 Å². The molecule has 0 aromatic heterocycles. The van der Waals surface area contributed by atoms with E-state index < -0.39 is 11.6 Å². The maximum absolute atomic E-state index is 13.4. The molecule has 0 saturated heterocycles. The molecular weight excluding hydrogens is 234 g/mol. The monoisotopic (exact) mass is 256 g/mol. The molecule has 0 aliphatic rings. The van der Waals surface area contributed by atoms with E-state index in [1.54, 1.807) is 0 Å². The van der Waals surface area contributed by atoms with Crippen LogP contribution in [0.15, 0.2) is 18.2 Å². The molecule has 2 nitrogen and oxygen atoms in total. The highest BCUT2D eigenvalue weighted by atomic mass is 19.1. The molecular formula is C14H22F2N2. The fourth-order valence-electron chi connectivity index (χ4n) is 1.71. The Kier molecular flexibility index (Phi) is 6.22. The van der Waals surface area contributed by atoms with Crippen molar-refractivity contribution in [2.24, 2.45) is 11.7 Å². The lowest BCUT2D eigenvalue weighted by Gasteiger charge is -2.18. The first kappa shape index (κ1) is 15.1. The number of nitrogens with two attached hydrogens (primary N) is 1. The molecule has 1 unspecified atom stereocenters. The van der Waals surface area contributed by atoms with Crippen LogP contribution in [0.25, 0.3) is 0 Å². The Hall–Kier alpha value is -1.00. The normalized spacial score (nSPS) is 13.0. The van der Waals surface area contributed by atoms with Crippen molar-refractivity contribution >= 4 is 0 Å². The molecule has 18 heavy (non-hydrogen) atoms. The number of rotatable bonds is 7. The smallest absolute Gasteiger partial charge is 0.129 e. The lowest BCUT2D eigenvalue weighted by atomic mass is 10.1. The van der Waals surface area contributed by atoms with Gasteiger partial charge in [0.1, 0.15) is 11.6 Å². The number of benzene rings is 1. The summed E-state index contributed by atoms with van der Waals surface area (Å²) in [6.45, 7) is 4.52. The molecule has 0 radical (unpaired) electrons. The van der Waals surface area contributed by atoms with Crippen molar-refractivity contribution in [2.75, 3.05) is 26.7 Å². The van der Waals surface area contributed by atoms with Crippen molar-refractivity contribution in [2.45, 2.75) is 19.8 Å². The van der Waals surface area contributed by atoms with E-state index in [-0.39, 0.29) is 0 Å². The van der Waals surface area contributed by atoms with E-state index in [1.165, 1.54) is 12.1 Å². The minimum atomic E-state index is -0.527. The zero-order valence-electron chi connectivity index (χ0n) is 11.1. The van der Waals surface area contributed by atoms with Gasteiger partial charge < -0.3 is 10.6 Å². The van der Waals surface area contributed by atoms with Crippen molar-refractivity contribution in [3.05, 3.63) is 35.4 Å². The van der Waals surface area contributed by atoms with Crippen LogP contribution in [0, 0.1) is 17.6 Å². The molecule has 4 heteroatoms. The van der Waals surface area contributed by atoms with Gasteiger partial charge in [0.15, 0.2) is 0 Å². The van der Waals surface area contributed by atoms with Crippen molar-refractivity contribution in [1.29, 1.82) is 0 Å². The second-order valence-electron chi connectivity index (χ2n) is 4.92. The molecule has 0 bridgehead atoms. The number of hydrogen-bond acceptors (Lipinski definition) is 2. The van der Waals surface area contributed by atoms with Crippen molar-refractivity contribution in [3.63, 3.8) is 0 Å². The Labute approximate surface area is 108 Å². The van der Waals surface area contributed by atoms with E-state index in [2.05, 4.69) is 11.8 Å². The first-order valence-corrected chi connectivity index (χ1v) is 6.35. The van der Waals surface area contributed by atoms with Crippen LogP contribution in [0.2, 0.25) is 0 Å². The van der Waals surface area contributed by atoms with Crippen LogP contribution in [0.3, 0.4) is 0 Å². The van der Waals surface area contributed by atoms with Gasteiger partial charge in [-0.15, -0.1) is 0 Å². The van der Waals surface area contributed by atoms with Gasteiger partial charge >= 0.3 is 0 Å². The van der Waals surface area contributed by atoms with Crippen molar-refractivity contribution in [3.8, 4) is 0 Å². The molecule has 1 rings (SSSR count). The lowest BCUT2D eigenvalue weighted by molar-refractivity contribution is 0.309. The number of likely N-dealkylation sites (N-methyl/N-ethyl adjacent to an activating group) is 1. The summed E-state index contributed by atoms with van der Waals surface area (Å²) >= 11 is 0. The Bertz CT molecular complexity index is 369. The first-order valence-electron chi connectivity index (χ1n) is 6.35. The minimum absolute atomic E-state index is 0.460. The average molecular weight is 256 g/mol. The minimum Gasteiger partial charge on any atom is -0.330 e. The van der Waals surface area contributed by atoms with E-state index in [4.69, 9.17) is 5.73 Å². The molecule has 102 valence electrons. The van der Waals surface area contributed by atoms with Gasteiger partial charge in [0.2, 0.25) is 0 Å². The highest BCUT2D eigenvalue weighted by Gasteiger charge is 2.06. The Morgan fingerprint density at radius 2 is 2.00 bits per heavy atom. The number of hydrogen-bond donors (Lipinski definition) is 1. The van der Waals surface area contributed by atoms with Crippen LogP contribution in [0.5, 0.6) is 0 Å². The average Bonchev–Trinajstić information content (AvgIpc) is 2.34. The summed E-state index contributed by atoms with van der Waals surface area (Å²) in [4.78, 5) is 2.15. The third-order valence-electron chi connectivity index (χ3n) is 3.18. The predicted octanol–water partition coefficient (Wildman–Crippen LogP) is 2.42. The van der Waals surface area contributed by atoms with Crippen LogP contribution < -0.4 is 5.73 Å². The fourth-order valence-corrected chi connectivity index (χ4v) is 1.71. The molecule has 2 N–H and O–H groups in total. The van der Waals surface area contributed by atoms with Gasteiger partial charge in [-0.25, -0.2) is 8.78 Å². The third kappa shape index (κ3) is 5.10. The molecule has 0 spiro atoms. The topological polar surface area (TPSA) is 29.3 Å². The molecule has 0 saturated carbocycles. The summed E-state index contributed by atoms with van der Waals surface area (Å²) in [5, 5.41) is 0. The maximum atomic E-state index is 13.4. The SMILES string of the molecule is CC(CN)CCN(C)CCc1ccc(F)cc1F. The largest absolute Gasteiger partial charge is 0.330 e. The highest BCUT2D eigenvalue weighted by Crippen LogP contribution is 2.10. The maximum Gasteiger partial charge on any atom is 0.129 e. The van der Waals surface area contributed by atoms with E-state index in [0.717, 1.165) is 25.6 Å². The number of halogens is 2. The number of nitrogens with zero attached hydrogens (tertiary/aromatic N) is 1. The third-order valence-corrected chi connectivity index (χ3v) is 3.18. The summed E-state index contributed by atoms with van der Waals surface area (Å²) in [6, 6.07) is 3.75. The summed E-state index contributed by atoms with van der Waals surface area (Å²) in [5.41, 5.74) is 6.12. The van der Waals surface area contributed by atoms with Crippen LogP contribution in [-0.4, -0.2) is 31.6 Å². The molecule has 0 fully saturated rings. The van der Waals surface area contributed by atoms with Crippen molar-refractivity contribution in [1.82, 2.24) is 4.90 Å². The van der Waals surface area contributed by atoms with Crippen LogP contribution in [0.1, 0.15) is 18.9 Å². The molecule has 1 aromatic carbocycles. The standard InChI is InChI=1S/C14H22F2N2/c1-11(10-17)5-7-18(2)8-6-12-3-4-13(15)9-14(12)16/h3-4,9,11H,5-8,10,17H2,1-2H3. The second kappa shape index (κ2) is 7.44. The van der Waals surface area contributed by atoms with Gasteiger partial charge in [0, 0.05) is 12.6 Å². The molecule has 1 aromatic rings. The van der Waals surface area contributed by atoms with Crippen LogP contribution in [-0.2, 0) is 6.42 Å². The lowest BCUT2D eigenvalue weighted by Crippen LogP contribution is -2.25. The molecule has 0 heterocycles. The Morgan fingerprint density at radius 3 is 2.61 bits per heavy atom. The van der Waals surface area contributed by atoms with Crippen molar-refractivity contribution < 1.29 is 8.78 Å². The molecule has 1 atom stereocenters. The van der Waals surface area contributed by atoms with Gasteiger partial charge in [-0.2, -0.15) is 0 Å². The summed E-state index contributed by atoms with van der Waals surface area (Å²) < 4.78 is 26.1. The molecule has 0 aliphatic carbocycles. The van der Waals surface area contributed by atoms with E-state index in [0.29, 0.717) is 24.4 Å². The predicted molar refractivity (Wildman–Crippen MR) is 70.4 cm³/mol. The summed E-state index contributed by atoms with van der Waals surface area (Å²) in [6.07, 6.45) is 1.64. The van der Waals surface area contributed by atoms with E-state index in [1.807, 2.05) is 7.05 Å². The van der Waals surface area contributed by atoms with Gasteiger partial charge in [0.05, 0.1) is 0 Å². The zero-order chi connectivity index (χ0) is 13.5. The fraction of sp³-hybridized carbons (Fsp3) is 0.571. The van der Waals surface area contributed by atoms with Gasteiger partial charge in [-0.05, 0) is 50.5 Å². The molecule has 0 aliphatic heterocycles. The summed E-state index contributed by atoms with van der Waals surface area (Å²) in [5.74, 6) is -0.477. The van der Waals surface area contributed by atoms with Gasteiger partial charge in [-0.1, -0.05) is 13.0 Å². The Balaban J connectivity index is 2.35. The Morgan fingerprint density at radius 1 is 1.28 bits per heavy atom. The van der Waals surface area contributed by atoms with E-state index >= 15 is 0 Å². The highest BCUT2D eigenvalue weighted by molar-refractivity contribution is 5.18. The second-order valence-corrected chi connectivity index (χ2v) is 4.92. The summed E-state index contributed by atoms with van der Waals surface area (Å²) in [7, 11) is 2.00. The zero-order valence-corrected chi connectivity index (χ0v) is 11.1. The quantitative estimate of drug-likeness (QED) is 0.812. The van der Waals surface area contributed by atoms with Crippen LogP contribution >= 0.6 is 0 Å². The molecule has 0 amide bonds. The first-order chi connectivity index (χ1) is 8.52. The van der Waals surface area contributed by atoms with Gasteiger partial charge in [0.25, 0.3) is 0 Å². The van der Waals surface area contributed by atoms with Gasteiger partial charge in [-0.3, -0.25) is 0 Å². The van der Waals surface area contributed by atoms with Crippen LogP contribution in [0.4, 0.5) is 8.78 Å².